The molecule has 0 saturated carbocycles. The lowest BCUT2D eigenvalue weighted by Crippen LogP contribution is -2.37. The molecular formula is C13H20N2O4. The second-order valence-electron chi connectivity index (χ2n) is 3.87. The minimum Gasteiger partial charge on any atom is -0.397 e. The maximum absolute atomic E-state index is 12.0. The first-order valence-electron chi connectivity index (χ1n) is 6.03. The number of carbonyl (C=O) groups is 1. The van der Waals surface area contributed by atoms with Gasteiger partial charge in [-0.15, -0.1) is 0 Å². The fourth-order valence-electron chi connectivity index (χ4n) is 1.59. The average Bonchev–Trinajstić information content (AvgIpc) is 2.42. The molecule has 0 spiro atoms. The van der Waals surface area contributed by atoms with Crippen molar-refractivity contribution in [2.45, 2.75) is 0 Å². The molecule has 0 aromatic heterocycles. The van der Waals surface area contributed by atoms with E-state index in [1.54, 1.807) is 31.4 Å². The smallest absolute Gasteiger partial charge is 0.253 e. The van der Waals surface area contributed by atoms with Gasteiger partial charge in [0.2, 0.25) is 0 Å². The Hall–Kier alpha value is -1.63. The highest BCUT2D eigenvalue weighted by molar-refractivity contribution is 5.97. The van der Waals surface area contributed by atoms with Gasteiger partial charge in [-0.3, -0.25) is 4.79 Å². The molecule has 0 aliphatic heterocycles. The zero-order valence-electron chi connectivity index (χ0n) is 11.0. The number of nitrogens with two attached hydrogens (primary N) is 1. The summed E-state index contributed by atoms with van der Waals surface area (Å²) in [6.45, 7) is 0.747. The number of aliphatic hydroxyl groups excluding tert-OH is 1. The maximum Gasteiger partial charge on any atom is 0.253 e. The number of anilines is 2. The molecule has 0 heterocycles. The molecule has 106 valence electrons. The lowest BCUT2D eigenvalue weighted by Gasteiger charge is -2.23. The van der Waals surface area contributed by atoms with Gasteiger partial charge >= 0.3 is 0 Å². The number of ether oxygens (including phenoxy) is 2. The molecule has 1 rings (SSSR count). The van der Waals surface area contributed by atoms with Crippen molar-refractivity contribution in [2.75, 3.05) is 50.7 Å². The van der Waals surface area contributed by atoms with Crippen molar-refractivity contribution in [2.24, 2.45) is 0 Å². The van der Waals surface area contributed by atoms with Gasteiger partial charge in [0.05, 0.1) is 31.2 Å². The Morgan fingerprint density at radius 2 is 2.11 bits per heavy atom. The summed E-state index contributed by atoms with van der Waals surface area (Å²) in [6.07, 6.45) is 0. The van der Waals surface area contributed by atoms with Gasteiger partial charge in [0.25, 0.3) is 5.91 Å². The number of hydrogen-bond acceptors (Lipinski definition) is 5. The molecule has 1 aromatic rings. The Bertz CT molecular complexity index is 398. The number of nitrogen functional groups attached to an aromatic ring is 1. The first-order chi connectivity index (χ1) is 9.20. The number of hydrogen-bond donors (Lipinski definition) is 2. The van der Waals surface area contributed by atoms with Crippen LogP contribution in [0.15, 0.2) is 24.3 Å². The molecule has 0 aliphatic carbocycles. The second kappa shape index (κ2) is 8.47. The van der Waals surface area contributed by atoms with Gasteiger partial charge in [-0.25, -0.2) is 0 Å². The van der Waals surface area contributed by atoms with Crippen LogP contribution in [0.5, 0.6) is 0 Å². The molecule has 0 fully saturated rings. The topological polar surface area (TPSA) is 85.0 Å². The molecule has 3 N–H and O–H groups in total. The number of amides is 1. The third kappa shape index (κ3) is 4.86. The van der Waals surface area contributed by atoms with Crippen LogP contribution in [0.4, 0.5) is 11.4 Å². The van der Waals surface area contributed by atoms with E-state index in [1.165, 1.54) is 4.90 Å². The average molecular weight is 268 g/mol. The number of methoxy groups -OCH3 is 1. The van der Waals surface area contributed by atoms with Crippen LogP contribution >= 0.6 is 0 Å². The summed E-state index contributed by atoms with van der Waals surface area (Å²) in [7, 11) is 1.56. The van der Waals surface area contributed by atoms with Crippen LogP contribution in [0, 0.1) is 0 Å². The Morgan fingerprint density at radius 3 is 2.74 bits per heavy atom. The van der Waals surface area contributed by atoms with Crippen molar-refractivity contribution >= 4 is 17.3 Å². The molecule has 1 amide bonds. The molecule has 6 nitrogen and oxygen atoms in total. The third-order valence-electron chi connectivity index (χ3n) is 2.51. The predicted octanol–water partition coefficient (Wildman–Crippen LogP) is 0.257. The minimum absolute atomic E-state index is 0.0717. The Kier molecular flexibility index (Phi) is 6.88. The molecule has 0 saturated heterocycles. The zero-order chi connectivity index (χ0) is 14.1. The molecule has 6 heteroatoms. The highest BCUT2D eigenvalue weighted by atomic mass is 16.5. The maximum atomic E-state index is 12.0. The molecule has 19 heavy (non-hydrogen) atoms. The molecule has 1 aromatic carbocycles. The van der Waals surface area contributed by atoms with E-state index < -0.39 is 0 Å². The van der Waals surface area contributed by atoms with E-state index in [1.807, 2.05) is 0 Å². The van der Waals surface area contributed by atoms with E-state index in [0.29, 0.717) is 24.6 Å². The van der Waals surface area contributed by atoms with E-state index in [-0.39, 0.29) is 25.7 Å². The summed E-state index contributed by atoms with van der Waals surface area (Å²) in [6, 6.07) is 7.02. The zero-order valence-corrected chi connectivity index (χ0v) is 11.0. The van der Waals surface area contributed by atoms with Crippen molar-refractivity contribution in [3.8, 4) is 0 Å². The number of carbonyl (C=O) groups excluding carboxylic acids is 1. The van der Waals surface area contributed by atoms with Crippen molar-refractivity contribution in [1.82, 2.24) is 0 Å². The highest BCUT2D eigenvalue weighted by Gasteiger charge is 2.17. The quantitative estimate of drug-likeness (QED) is 0.522. The van der Waals surface area contributed by atoms with Crippen LogP contribution in [0.2, 0.25) is 0 Å². The molecular weight excluding hydrogens is 248 g/mol. The minimum atomic E-state index is -0.247. The van der Waals surface area contributed by atoms with Crippen molar-refractivity contribution in [3.05, 3.63) is 24.3 Å². The third-order valence-corrected chi connectivity index (χ3v) is 2.51. The Morgan fingerprint density at radius 1 is 1.37 bits per heavy atom. The fraction of sp³-hybridized carbons (Fsp3) is 0.462. The van der Waals surface area contributed by atoms with E-state index in [9.17, 15) is 4.79 Å². The number of para-hydroxylation sites is 2. The van der Waals surface area contributed by atoms with Crippen molar-refractivity contribution < 1.29 is 19.4 Å². The van der Waals surface area contributed by atoms with Gasteiger partial charge in [-0.2, -0.15) is 0 Å². The largest absolute Gasteiger partial charge is 0.397 e. The monoisotopic (exact) mass is 268 g/mol. The van der Waals surface area contributed by atoms with Crippen LogP contribution in [-0.2, 0) is 14.3 Å². The number of aliphatic hydroxyl groups is 1. The molecule has 0 bridgehead atoms. The van der Waals surface area contributed by atoms with Gasteiger partial charge in [0, 0.05) is 13.7 Å². The molecule has 0 aliphatic rings. The van der Waals surface area contributed by atoms with Crippen LogP contribution in [-0.4, -0.2) is 51.1 Å². The summed E-state index contributed by atoms with van der Waals surface area (Å²) in [5.41, 5.74) is 6.90. The molecule has 0 radical (unpaired) electrons. The summed E-state index contributed by atoms with van der Waals surface area (Å²) < 4.78 is 10.0. The second-order valence-corrected chi connectivity index (χ2v) is 3.87. The van der Waals surface area contributed by atoms with Gasteiger partial charge in [0.15, 0.2) is 0 Å². The standard InChI is InChI=1S/C13H20N2O4/c1-18-8-9-19-10-13(17)15(6-7-16)12-5-3-2-4-11(12)14/h2-5,16H,6-10,14H2,1H3. The lowest BCUT2D eigenvalue weighted by molar-refractivity contribution is -0.123. The first-order valence-corrected chi connectivity index (χ1v) is 6.03. The molecule has 0 atom stereocenters. The number of benzene rings is 1. The highest BCUT2D eigenvalue weighted by Crippen LogP contribution is 2.22. The van der Waals surface area contributed by atoms with Gasteiger partial charge in [-0.1, -0.05) is 12.1 Å². The van der Waals surface area contributed by atoms with Crippen molar-refractivity contribution in [3.63, 3.8) is 0 Å². The summed E-state index contributed by atoms with van der Waals surface area (Å²) in [5, 5.41) is 9.05. The number of nitrogens with zero attached hydrogens (tertiary/aromatic N) is 1. The van der Waals surface area contributed by atoms with Gasteiger partial charge in [0.1, 0.15) is 6.61 Å². The van der Waals surface area contributed by atoms with Crippen LogP contribution in [0.25, 0.3) is 0 Å². The van der Waals surface area contributed by atoms with Crippen molar-refractivity contribution in [1.29, 1.82) is 0 Å². The van der Waals surface area contributed by atoms with E-state index in [4.69, 9.17) is 20.3 Å². The van der Waals surface area contributed by atoms with E-state index in [0.717, 1.165) is 0 Å². The summed E-state index contributed by atoms with van der Waals surface area (Å²) in [5.74, 6) is -0.247. The molecule has 0 unspecified atom stereocenters. The Labute approximate surface area is 112 Å². The van der Waals surface area contributed by atoms with E-state index in [2.05, 4.69) is 0 Å². The summed E-state index contributed by atoms with van der Waals surface area (Å²) in [4.78, 5) is 13.5. The van der Waals surface area contributed by atoms with Crippen LogP contribution < -0.4 is 10.6 Å². The SMILES string of the molecule is COCCOCC(=O)N(CCO)c1ccccc1N. The number of rotatable bonds is 8. The normalized spacial score (nSPS) is 10.4. The van der Waals surface area contributed by atoms with Gasteiger partial charge < -0.3 is 25.2 Å². The van der Waals surface area contributed by atoms with E-state index >= 15 is 0 Å². The van der Waals surface area contributed by atoms with Gasteiger partial charge in [-0.05, 0) is 12.1 Å². The lowest BCUT2D eigenvalue weighted by atomic mass is 10.2. The Balaban J connectivity index is 2.66. The van der Waals surface area contributed by atoms with Crippen LogP contribution in [0.3, 0.4) is 0 Å². The van der Waals surface area contributed by atoms with Crippen LogP contribution in [0.1, 0.15) is 0 Å². The predicted molar refractivity (Wildman–Crippen MR) is 73.0 cm³/mol. The fourth-order valence-corrected chi connectivity index (χ4v) is 1.59. The first kappa shape index (κ1) is 15.4. The summed E-state index contributed by atoms with van der Waals surface area (Å²) >= 11 is 0.